The number of rotatable bonds is 1. The lowest BCUT2D eigenvalue weighted by Gasteiger charge is -2.15. The normalized spacial score (nSPS) is 18.3. The first-order valence-corrected chi connectivity index (χ1v) is 5.24. The third kappa shape index (κ3) is 1.46. The average molecular weight is 190 g/mol. The predicted octanol–water partition coefficient (Wildman–Crippen LogP) is 2.61. The number of aryl methyl sites for hydroxylation is 1. The van der Waals surface area contributed by atoms with Gasteiger partial charge >= 0.3 is 0 Å². The Balaban J connectivity index is 2.53. The second-order valence-electron chi connectivity index (χ2n) is 5.17. The van der Waals surface area contributed by atoms with E-state index in [2.05, 4.69) is 32.9 Å². The summed E-state index contributed by atoms with van der Waals surface area (Å²) in [6.07, 6.45) is 2.27. The van der Waals surface area contributed by atoms with Gasteiger partial charge in [-0.1, -0.05) is 26.0 Å². The zero-order valence-corrected chi connectivity index (χ0v) is 9.22. The van der Waals surface area contributed by atoms with Gasteiger partial charge in [0.25, 0.3) is 0 Å². The Morgan fingerprint density at radius 1 is 1.21 bits per heavy atom. The molecule has 76 valence electrons. The number of fused-ring (bicyclic) bond motifs is 1. The lowest BCUT2D eigenvalue weighted by Crippen LogP contribution is -2.10. The molecule has 0 bridgehead atoms. The average Bonchev–Trinajstić information content (AvgIpc) is 2.42. The fourth-order valence-electron chi connectivity index (χ4n) is 2.49. The summed E-state index contributed by atoms with van der Waals surface area (Å²) in [5, 5.41) is 9.26. The molecule has 0 fully saturated rings. The van der Waals surface area contributed by atoms with E-state index in [-0.39, 0.29) is 6.61 Å². The summed E-state index contributed by atoms with van der Waals surface area (Å²) in [6.45, 7) is 6.95. The summed E-state index contributed by atoms with van der Waals surface area (Å²) >= 11 is 0. The molecule has 1 nitrogen and oxygen atoms in total. The number of hydrogen-bond acceptors (Lipinski definition) is 1. The second-order valence-corrected chi connectivity index (χ2v) is 5.17. The molecular formula is C13H18O. The molecule has 0 aliphatic heterocycles. The van der Waals surface area contributed by atoms with Crippen LogP contribution in [0.25, 0.3) is 0 Å². The largest absolute Gasteiger partial charge is 0.392 e. The molecule has 0 spiro atoms. The number of hydrogen-bond donors (Lipinski definition) is 1. The van der Waals surface area contributed by atoms with Crippen molar-refractivity contribution in [3.63, 3.8) is 0 Å². The fourth-order valence-corrected chi connectivity index (χ4v) is 2.49. The van der Waals surface area contributed by atoms with Crippen LogP contribution < -0.4 is 0 Å². The van der Waals surface area contributed by atoms with Crippen LogP contribution in [0, 0.1) is 12.3 Å². The Morgan fingerprint density at radius 3 is 2.50 bits per heavy atom. The van der Waals surface area contributed by atoms with E-state index >= 15 is 0 Å². The van der Waals surface area contributed by atoms with Crippen LogP contribution in [0.4, 0.5) is 0 Å². The molecule has 0 saturated carbocycles. The lowest BCUT2D eigenvalue weighted by molar-refractivity contribution is 0.280. The second kappa shape index (κ2) is 3.09. The van der Waals surface area contributed by atoms with Crippen LogP contribution in [0.1, 0.15) is 36.1 Å². The van der Waals surface area contributed by atoms with Gasteiger partial charge in [-0.3, -0.25) is 0 Å². The summed E-state index contributed by atoms with van der Waals surface area (Å²) in [7, 11) is 0. The highest BCUT2D eigenvalue weighted by Gasteiger charge is 2.30. The van der Waals surface area contributed by atoms with Gasteiger partial charge in [-0.2, -0.15) is 0 Å². The van der Waals surface area contributed by atoms with E-state index in [4.69, 9.17) is 0 Å². The molecule has 0 aromatic heterocycles. The molecule has 14 heavy (non-hydrogen) atoms. The minimum absolute atomic E-state index is 0.179. The van der Waals surface area contributed by atoms with E-state index in [0.717, 1.165) is 18.4 Å². The summed E-state index contributed by atoms with van der Waals surface area (Å²) < 4.78 is 0. The van der Waals surface area contributed by atoms with Crippen LogP contribution in [-0.2, 0) is 19.4 Å². The van der Waals surface area contributed by atoms with Gasteiger partial charge in [-0.15, -0.1) is 0 Å². The molecule has 1 N–H and O–H groups in total. The first kappa shape index (κ1) is 9.72. The van der Waals surface area contributed by atoms with Crippen LogP contribution in [-0.4, -0.2) is 5.11 Å². The van der Waals surface area contributed by atoms with Gasteiger partial charge in [0.2, 0.25) is 0 Å². The molecule has 1 heteroatoms. The van der Waals surface area contributed by atoms with Crippen molar-refractivity contribution in [2.24, 2.45) is 5.41 Å². The maximum atomic E-state index is 9.26. The summed E-state index contributed by atoms with van der Waals surface area (Å²) in [5.41, 5.74) is 5.75. The van der Waals surface area contributed by atoms with Crippen LogP contribution in [0.3, 0.4) is 0 Å². The van der Waals surface area contributed by atoms with Gasteiger partial charge in [0.15, 0.2) is 0 Å². The molecule has 0 amide bonds. The van der Waals surface area contributed by atoms with Crippen molar-refractivity contribution >= 4 is 0 Å². The zero-order chi connectivity index (χ0) is 10.3. The van der Waals surface area contributed by atoms with Crippen molar-refractivity contribution in [1.82, 2.24) is 0 Å². The first-order valence-electron chi connectivity index (χ1n) is 5.24. The van der Waals surface area contributed by atoms with E-state index in [9.17, 15) is 5.11 Å². The standard InChI is InChI=1S/C13H18O/c1-9-4-5-10(8-14)12-7-13(2,3)6-11(9)12/h4-5,14H,6-8H2,1-3H3. The molecule has 0 radical (unpaired) electrons. The predicted molar refractivity (Wildman–Crippen MR) is 58.3 cm³/mol. The number of aliphatic hydroxyl groups excluding tert-OH is 1. The van der Waals surface area contributed by atoms with Crippen molar-refractivity contribution in [1.29, 1.82) is 0 Å². The Morgan fingerprint density at radius 2 is 1.86 bits per heavy atom. The van der Waals surface area contributed by atoms with Crippen molar-refractivity contribution in [3.05, 3.63) is 34.4 Å². The third-order valence-electron chi connectivity index (χ3n) is 3.24. The monoisotopic (exact) mass is 190 g/mol. The van der Waals surface area contributed by atoms with E-state index in [1.54, 1.807) is 0 Å². The summed E-state index contributed by atoms with van der Waals surface area (Å²) in [6, 6.07) is 4.20. The maximum Gasteiger partial charge on any atom is 0.0684 e. The Hall–Kier alpha value is -0.820. The van der Waals surface area contributed by atoms with Gasteiger partial charge in [0.1, 0.15) is 0 Å². The molecule has 0 atom stereocenters. The highest BCUT2D eigenvalue weighted by atomic mass is 16.3. The molecule has 0 heterocycles. The first-order chi connectivity index (χ1) is 6.53. The van der Waals surface area contributed by atoms with Gasteiger partial charge in [-0.05, 0) is 47.4 Å². The van der Waals surface area contributed by atoms with Crippen LogP contribution in [0.5, 0.6) is 0 Å². The van der Waals surface area contributed by atoms with Crippen LogP contribution >= 0.6 is 0 Å². The molecule has 2 rings (SSSR count). The van der Waals surface area contributed by atoms with E-state index < -0.39 is 0 Å². The molecule has 1 aromatic carbocycles. The van der Waals surface area contributed by atoms with Gasteiger partial charge in [0.05, 0.1) is 6.61 Å². The van der Waals surface area contributed by atoms with E-state index in [1.165, 1.54) is 16.7 Å². The summed E-state index contributed by atoms with van der Waals surface area (Å²) in [4.78, 5) is 0. The van der Waals surface area contributed by atoms with Crippen molar-refractivity contribution in [2.45, 2.75) is 40.2 Å². The van der Waals surface area contributed by atoms with Crippen LogP contribution in [0.2, 0.25) is 0 Å². The minimum Gasteiger partial charge on any atom is -0.392 e. The SMILES string of the molecule is Cc1ccc(CO)c2c1CC(C)(C)C2. The van der Waals surface area contributed by atoms with E-state index in [1.807, 2.05) is 0 Å². The summed E-state index contributed by atoms with van der Waals surface area (Å²) in [5.74, 6) is 0. The topological polar surface area (TPSA) is 20.2 Å². The van der Waals surface area contributed by atoms with Gasteiger partial charge < -0.3 is 5.11 Å². The highest BCUT2D eigenvalue weighted by molar-refractivity contribution is 5.44. The maximum absolute atomic E-state index is 9.26. The molecule has 0 saturated heterocycles. The highest BCUT2D eigenvalue weighted by Crippen LogP contribution is 2.39. The molecule has 1 aliphatic carbocycles. The molecule has 1 aromatic rings. The Kier molecular flexibility index (Phi) is 2.15. The molecular weight excluding hydrogens is 172 g/mol. The quantitative estimate of drug-likeness (QED) is 0.721. The lowest BCUT2D eigenvalue weighted by atomic mass is 9.90. The van der Waals surface area contributed by atoms with E-state index in [0.29, 0.717) is 5.41 Å². The molecule has 1 aliphatic rings. The Labute approximate surface area is 85.8 Å². The number of benzene rings is 1. The van der Waals surface area contributed by atoms with Crippen molar-refractivity contribution in [2.75, 3.05) is 0 Å². The molecule has 0 unspecified atom stereocenters. The van der Waals surface area contributed by atoms with Crippen molar-refractivity contribution in [3.8, 4) is 0 Å². The van der Waals surface area contributed by atoms with Crippen LogP contribution in [0.15, 0.2) is 12.1 Å². The van der Waals surface area contributed by atoms with Gasteiger partial charge in [0, 0.05) is 0 Å². The third-order valence-corrected chi connectivity index (χ3v) is 3.24. The van der Waals surface area contributed by atoms with Crippen molar-refractivity contribution < 1.29 is 5.11 Å². The minimum atomic E-state index is 0.179. The number of aliphatic hydroxyl groups is 1. The smallest absolute Gasteiger partial charge is 0.0684 e. The Bertz CT molecular complexity index is 364. The van der Waals surface area contributed by atoms with Gasteiger partial charge in [-0.25, -0.2) is 0 Å². The fraction of sp³-hybridized carbons (Fsp3) is 0.538. The zero-order valence-electron chi connectivity index (χ0n) is 9.22.